The number of hydrogen-bond acceptors (Lipinski definition) is 7. The first kappa shape index (κ1) is 40.6. The van der Waals surface area contributed by atoms with E-state index < -0.39 is 40.4 Å². The molecule has 4 aromatic rings. The summed E-state index contributed by atoms with van der Waals surface area (Å²) < 4.78 is 71.1. The zero-order valence-electron chi connectivity index (χ0n) is 28.2. The fourth-order valence-electron chi connectivity index (χ4n) is 5.43. The molecule has 253 valence electrons. The molecule has 0 spiro atoms. The van der Waals surface area contributed by atoms with Gasteiger partial charge < -0.3 is 20.7 Å². The van der Waals surface area contributed by atoms with Crippen molar-refractivity contribution in [1.82, 2.24) is 9.97 Å². The molecule has 0 saturated carbocycles. The van der Waals surface area contributed by atoms with E-state index in [2.05, 4.69) is 9.97 Å². The number of ether oxygens (including phenoxy) is 3. The quantitative estimate of drug-likeness (QED) is 0.137. The molecule has 2 atom stereocenters. The average Bonchev–Trinajstić information content (AvgIpc) is 3.00. The number of nitrogens with zero attached hydrogens (tertiary/aromatic N) is 2. The van der Waals surface area contributed by atoms with Gasteiger partial charge in [0.2, 0.25) is 17.4 Å². The zero-order chi connectivity index (χ0) is 34.1. The number of esters is 1. The van der Waals surface area contributed by atoms with E-state index in [1.807, 2.05) is 0 Å². The maximum absolute atomic E-state index is 14.2. The third-order valence-electron chi connectivity index (χ3n) is 8.02. The van der Waals surface area contributed by atoms with Gasteiger partial charge >= 0.3 is 35.5 Å². The molecule has 15 heteroatoms. The topological polar surface area (TPSA) is 90.8 Å². The standard InChI is InChI=1S/C18H16ClF2NO3.C16H14ClF2NO2.B.Na.H/c1-3-24-17(23)18(2)7-6-12-13(9-15(19)22-16(12)25-18)11-5-4-10(20)8-14(11)21;1-16(8-21)5-4-11-12(7-14(17)20-15(11)22-16)10-3-2-9(18)6-13(10)19;;;/h4-5,8-9H,3,6-7H2,1-2H3;2-3,6-7,21H,4-5,8H2,1H3;;;/q;;;+1;-1. The average molecular weight is 728 g/mol. The second-order valence-corrected chi connectivity index (χ2v) is 12.3. The number of carbonyl (C=O) groups excluding carboxylic acids is 1. The number of rotatable bonds is 5. The van der Waals surface area contributed by atoms with Crippen molar-refractivity contribution >= 4 is 37.6 Å². The van der Waals surface area contributed by atoms with E-state index in [-0.39, 0.29) is 85.8 Å². The Morgan fingerprint density at radius 1 is 0.837 bits per heavy atom. The molecule has 0 amide bonds. The first-order valence-electron chi connectivity index (χ1n) is 14.7. The Kier molecular flexibility index (Phi) is 13.6. The fraction of sp³-hybridized carbons (Fsp3) is 0.324. The van der Waals surface area contributed by atoms with E-state index in [1.54, 1.807) is 26.8 Å². The van der Waals surface area contributed by atoms with Gasteiger partial charge in [-0.1, -0.05) is 23.2 Å². The van der Waals surface area contributed by atoms with Crippen molar-refractivity contribution in [3.8, 4) is 34.0 Å². The number of hydrogen-bond donors (Lipinski definition) is 1. The fourth-order valence-corrected chi connectivity index (χ4v) is 5.80. The third-order valence-corrected chi connectivity index (χ3v) is 8.40. The molecule has 2 aromatic heterocycles. The molecule has 1 N–H and O–H groups in total. The Labute approximate surface area is 316 Å². The summed E-state index contributed by atoms with van der Waals surface area (Å²) in [6.45, 7) is 5.19. The smallest absolute Gasteiger partial charge is 1.00 e. The van der Waals surface area contributed by atoms with Crippen LogP contribution in [0.1, 0.15) is 46.2 Å². The summed E-state index contributed by atoms with van der Waals surface area (Å²) in [6.07, 6.45) is 1.89. The molecule has 0 bridgehead atoms. The molecular weight excluding hydrogens is 697 g/mol. The first-order valence-corrected chi connectivity index (χ1v) is 15.5. The number of benzene rings is 2. The summed E-state index contributed by atoms with van der Waals surface area (Å²) in [6, 6.07) is 9.77. The molecule has 4 heterocycles. The number of aromatic nitrogens is 2. The van der Waals surface area contributed by atoms with Crippen LogP contribution in [0.3, 0.4) is 0 Å². The summed E-state index contributed by atoms with van der Waals surface area (Å²) in [4.78, 5) is 20.4. The molecule has 6 rings (SSSR count). The van der Waals surface area contributed by atoms with Gasteiger partial charge in [-0.25, -0.2) is 32.3 Å². The number of halogens is 6. The summed E-state index contributed by atoms with van der Waals surface area (Å²) in [7, 11) is 0. The minimum absolute atomic E-state index is 0. The van der Waals surface area contributed by atoms with E-state index in [0.29, 0.717) is 47.9 Å². The van der Waals surface area contributed by atoms with E-state index in [1.165, 1.54) is 30.3 Å². The largest absolute Gasteiger partial charge is 1.00 e. The van der Waals surface area contributed by atoms with Crippen LogP contribution < -0.4 is 39.0 Å². The van der Waals surface area contributed by atoms with Crippen LogP contribution in [0.5, 0.6) is 11.8 Å². The summed E-state index contributed by atoms with van der Waals surface area (Å²) in [5.41, 5.74) is 0.870. The van der Waals surface area contributed by atoms with E-state index in [4.69, 9.17) is 37.4 Å². The third kappa shape index (κ3) is 8.90. The predicted octanol–water partition coefficient (Wildman–Crippen LogP) is 4.82. The molecular formula is C34H31BCl2F4N2NaO5. The van der Waals surface area contributed by atoms with Crippen LogP contribution in [0.2, 0.25) is 10.3 Å². The predicted molar refractivity (Wildman–Crippen MR) is 174 cm³/mol. The van der Waals surface area contributed by atoms with Gasteiger partial charge in [0.15, 0.2) is 0 Å². The van der Waals surface area contributed by atoms with Crippen LogP contribution in [-0.4, -0.2) is 53.9 Å². The Morgan fingerprint density at radius 3 is 1.76 bits per heavy atom. The minimum atomic E-state index is -1.18. The molecule has 7 nitrogen and oxygen atoms in total. The molecule has 49 heavy (non-hydrogen) atoms. The van der Waals surface area contributed by atoms with E-state index in [0.717, 1.165) is 12.1 Å². The maximum atomic E-state index is 14.2. The summed E-state index contributed by atoms with van der Waals surface area (Å²) in [5, 5.41) is 9.66. The molecule has 0 aliphatic carbocycles. The van der Waals surface area contributed by atoms with Crippen molar-refractivity contribution < 1.29 is 72.7 Å². The minimum Gasteiger partial charge on any atom is -1.00 e. The van der Waals surface area contributed by atoms with Crippen molar-refractivity contribution in [3.05, 3.63) is 93.2 Å². The van der Waals surface area contributed by atoms with Gasteiger partial charge in [-0.05, 0) is 87.6 Å². The molecule has 0 fully saturated rings. The Balaban J connectivity index is 0.000000329. The van der Waals surface area contributed by atoms with Crippen molar-refractivity contribution in [2.24, 2.45) is 0 Å². The van der Waals surface area contributed by atoms with Crippen molar-refractivity contribution in [2.45, 2.75) is 57.7 Å². The second kappa shape index (κ2) is 16.4. The molecule has 2 unspecified atom stereocenters. The Morgan fingerprint density at radius 2 is 1.31 bits per heavy atom. The van der Waals surface area contributed by atoms with Gasteiger partial charge in [0.05, 0.1) is 13.2 Å². The number of aliphatic hydroxyl groups excluding tert-OH is 1. The van der Waals surface area contributed by atoms with Crippen LogP contribution >= 0.6 is 23.2 Å². The van der Waals surface area contributed by atoms with Gasteiger partial charge in [-0.3, -0.25) is 0 Å². The van der Waals surface area contributed by atoms with Crippen molar-refractivity contribution in [3.63, 3.8) is 0 Å². The molecule has 2 aliphatic rings. The van der Waals surface area contributed by atoms with Gasteiger partial charge in [-0.15, -0.1) is 0 Å². The molecule has 2 aromatic carbocycles. The maximum Gasteiger partial charge on any atom is 1.00 e. The Hall–Kier alpha value is -2.87. The summed E-state index contributed by atoms with van der Waals surface area (Å²) in [5.74, 6) is -2.72. The normalized spacial score (nSPS) is 18.9. The van der Waals surface area contributed by atoms with Crippen LogP contribution in [0.4, 0.5) is 17.6 Å². The van der Waals surface area contributed by atoms with Crippen molar-refractivity contribution in [2.75, 3.05) is 13.2 Å². The van der Waals surface area contributed by atoms with Gasteiger partial charge in [0, 0.05) is 49.2 Å². The van der Waals surface area contributed by atoms with E-state index >= 15 is 0 Å². The van der Waals surface area contributed by atoms with Gasteiger partial charge in [-0.2, -0.15) is 0 Å². The number of pyridine rings is 2. The Bertz CT molecular complexity index is 1870. The van der Waals surface area contributed by atoms with Crippen molar-refractivity contribution in [1.29, 1.82) is 0 Å². The summed E-state index contributed by atoms with van der Waals surface area (Å²) >= 11 is 12.0. The van der Waals surface area contributed by atoms with Gasteiger partial charge in [0.25, 0.3) is 0 Å². The zero-order valence-corrected chi connectivity index (χ0v) is 30.7. The van der Waals surface area contributed by atoms with Crippen LogP contribution in [0.25, 0.3) is 22.3 Å². The van der Waals surface area contributed by atoms with Gasteiger partial charge in [0.1, 0.15) is 39.2 Å². The number of aliphatic hydroxyl groups is 1. The monoisotopic (exact) mass is 727 g/mol. The van der Waals surface area contributed by atoms with E-state index in [9.17, 15) is 27.5 Å². The van der Waals surface area contributed by atoms with Crippen LogP contribution in [0.15, 0.2) is 48.5 Å². The van der Waals surface area contributed by atoms with Crippen LogP contribution in [-0.2, 0) is 22.4 Å². The number of fused-ring (bicyclic) bond motifs is 2. The second-order valence-electron chi connectivity index (χ2n) is 11.6. The molecule has 2 aliphatic heterocycles. The number of carbonyl (C=O) groups is 1. The molecule has 0 saturated heterocycles. The SMILES string of the molecule is CC1(CO)CCc2c(-c3ccc(F)cc3F)cc(Cl)nc2O1.CCOC(=O)C1(C)CCc2c(-c3ccc(F)cc3F)cc(Cl)nc2O1.[B].[H-].[Na+]. The van der Waals surface area contributed by atoms with Crippen LogP contribution in [0, 0.1) is 23.3 Å². The molecule has 3 radical (unpaired) electrons. The first-order chi connectivity index (χ1) is 22.3.